The number of pyridine rings is 1. The fourth-order valence-corrected chi connectivity index (χ4v) is 4.79. The molecule has 1 amide bonds. The van der Waals surface area contributed by atoms with E-state index in [9.17, 15) is 9.90 Å². The highest BCUT2D eigenvalue weighted by Crippen LogP contribution is 2.24. The smallest absolute Gasteiger partial charge is 0.222 e. The van der Waals surface area contributed by atoms with Gasteiger partial charge in [0, 0.05) is 37.3 Å². The molecule has 1 N–H and O–H groups in total. The molecule has 1 aromatic carbocycles. The monoisotopic (exact) mass is 395 g/mol. The summed E-state index contributed by atoms with van der Waals surface area (Å²) in [4.78, 5) is 23.3. The first-order valence-corrected chi connectivity index (χ1v) is 10.7. The number of unbranched alkanes of at least 4 members (excludes halogenated alkanes) is 1. The number of hydrogen-bond acceptors (Lipinski definition) is 5. The van der Waals surface area contributed by atoms with Crippen molar-refractivity contribution in [2.24, 2.45) is 5.92 Å². The minimum absolute atomic E-state index is 0.0709. The topological polar surface area (TPSA) is 66.3 Å². The lowest BCUT2D eigenvalue weighted by atomic mass is 10.00. The van der Waals surface area contributed by atoms with Crippen molar-refractivity contribution in [3.05, 3.63) is 59.4 Å². The van der Waals surface area contributed by atoms with Crippen molar-refractivity contribution in [3.63, 3.8) is 0 Å². The summed E-state index contributed by atoms with van der Waals surface area (Å²) in [6, 6.07) is 14.0. The molecule has 0 unspecified atom stereocenters. The first-order chi connectivity index (χ1) is 13.7. The Morgan fingerprint density at radius 2 is 2.00 bits per heavy atom. The fraction of sp³-hybridized carbons (Fsp3) is 0.409. The molecule has 2 aromatic heterocycles. The number of nitrogens with zero attached hydrogens (tertiary/aromatic N) is 3. The number of fused-ring (bicyclic) bond motifs is 1. The van der Waals surface area contributed by atoms with Crippen molar-refractivity contribution in [3.8, 4) is 0 Å². The van der Waals surface area contributed by atoms with Gasteiger partial charge in [-0.25, -0.2) is 4.98 Å². The predicted molar refractivity (Wildman–Crippen MR) is 111 cm³/mol. The Kier molecular flexibility index (Phi) is 5.98. The minimum atomic E-state index is -0.464. The van der Waals surface area contributed by atoms with Gasteiger partial charge in [-0.2, -0.15) is 0 Å². The number of likely N-dealkylation sites (tertiary alicyclic amines) is 1. The molecule has 4 rings (SSSR count). The predicted octanol–water partition coefficient (Wildman–Crippen LogP) is 3.47. The van der Waals surface area contributed by atoms with E-state index in [2.05, 4.69) is 16.0 Å². The van der Waals surface area contributed by atoms with Crippen LogP contribution in [0.15, 0.2) is 48.7 Å². The summed E-state index contributed by atoms with van der Waals surface area (Å²) in [6.45, 7) is 1.06. The summed E-state index contributed by atoms with van der Waals surface area (Å²) in [6.07, 6.45) is 5.28. The van der Waals surface area contributed by atoms with Gasteiger partial charge in [0.25, 0.3) is 0 Å². The van der Waals surface area contributed by atoms with E-state index in [1.807, 2.05) is 41.3 Å². The van der Waals surface area contributed by atoms with E-state index in [4.69, 9.17) is 0 Å². The number of aryl methyl sites for hydroxylation is 1. The average molecular weight is 396 g/mol. The molecule has 146 valence electrons. The maximum Gasteiger partial charge on any atom is 0.222 e. The van der Waals surface area contributed by atoms with Gasteiger partial charge >= 0.3 is 0 Å². The van der Waals surface area contributed by atoms with Crippen molar-refractivity contribution in [2.75, 3.05) is 13.1 Å². The first kappa shape index (κ1) is 19.0. The van der Waals surface area contributed by atoms with Crippen molar-refractivity contribution < 1.29 is 9.90 Å². The van der Waals surface area contributed by atoms with Gasteiger partial charge < -0.3 is 10.0 Å². The third-order valence-corrected chi connectivity index (χ3v) is 6.42. The zero-order valence-electron chi connectivity index (χ0n) is 15.8. The van der Waals surface area contributed by atoms with Gasteiger partial charge in [0.2, 0.25) is 5.91 Å². The molecule has 0 radical (unpaired) electrons. The molecule has 2 atom stereocenters. The van der Waals surface area contributed by atoms with Crippen LogP contribution in [-0.2, 0) is 17.6 Å². The first-order valence-electron chi connectivity index (χ1n) is 9.89. The van der Waals surface area contributed by atoms with Crippen LogP contribution in [0.3, 0.4) is 0 Å². The standard InChI is InChI=1S/C22H25N3O2S/c26-19-15-25(14-16(19)13-17-7-5-6-12-23-17)22(27)11-4-3-10-21-24-18-8-1-2-9-20(18)28-21/h1-2,5-9,12,16,19,26H,3-4,10-11,13-15H2/t16-,19-/m1/s1. The van der Waals surface area contributed by atoms with Crippen LogP contribution < -0.4 is 0 Å². The van der Waals surface area contributed by atoms with Crippen LogP contribution in [0.1, 0.15) is 30.0 Å². The minimum Gasteiger partial charge on any atom is -0.391 e. The zero-order valence-corrected chi connectivity index (χ0v) is 16.6. The lowest BCUT2D eigenvalue weighted by molar-refractivity contribution is -0.130. The number of aliphatic hydroxyl groups is 1. The number of rotatable bonds is 7. The van der Waals surface area contributed by atoms with E-state index in [-0.39, 0.29) is 11.8 Å². The summed E-state index contributed by atoms with van der Waals surface area (Å²) in [5.41, 5.74) is 2.03. The third kappa shape index (κ3) is 4.56. The van der Waals surface area contributed by atoms with E-state index in [0.29, 0.717) is 25.9 Å². The summed E-state index contributed by atoms with van der Waals surface area (Å²) in [7, 11) is 0. The van der Waals surface area contributed by atoms with Crippen LogP contribution in [0.4, 0.5) is 0 Å². The van der Waals surface area contributed by atoms with Gasteiger partial charge in [-0.15, -0.1) is 11.3 Å². The maximum atomic E-state index is 12.5. The van der Waals surface area contributed by atoms with Gasteiger partial charge in [-0.1, -0.05) is 18.2 Å². The number of aliphatic hydroxyl groups excluding tert-OH is 1. The number of hydrogen-bond donors (Lipinski definition) is 1. The van der Waals surface area contributed by atoms with Gasteiger partial charge in [0.15, 0.2) is 0 Å². The molecule has 1 saturated heterocycles. The normalized spacial score (nSPS) is 19.4. The second-order valence-electron chi connectivity index (χ2n) is 7.43. The van der Waals surface area contributed by atoms with Crippen LogP contribution in [-0.4, -0.2) is 45.1 Å². The molecule has 0 bridgehead atoms. The Bertz CT molecular complexity index is 895. The summed E-state index contributed by atoms with van der Waals surface area (Å²) < 4.78 is 1.22. The highest BCUT2D eigenvalue weighted by atomic mass is 32.1. The van der Waals surface area contributed by atoms with Gasteiger partial charge in [-0.3, -0.25) is 9.78 Å². The lowest BCUT2D eigenvalue weighted by Crippen LogP contribution is -2.29. The van der Waals surface area contributed by atoms with Gasteiger partial charge in [0.1, 0.15) is 0 Å². The molecular formula is C22H25N3O2S. The Morgan fingerprint density at radius 1 is 1.14 bits per heavy atom. The zero-order chi connectivity index (χ0) is 19.3. The molecule has 0 spiro atoms. The van der Waals surface area contributed by atoms with Crippen LogP contribution in [0, 0.1) is 5.92 Å². The highest BCUT2D eigenvalue weighted by Gasteiger charge is 2.33. The van der Waals surface area contributed by atoms with Crippen molar-refractivity contribution in [1.82, 2.24) is 14.9 Å². The number of β-amino-alcohol motifs (C(OH)–C–C–N with tert-alkyl or cyclic N) is 1. The molecule has 6 heteroatoms. The molecule has 1 fully saturated rings. The SMILES string of the molecule is O=C(CCCCc1nc2ccccc2s1)N1C[C@@H](Cc2ccccn2)[C@H](O)C1. The quantitative estimate of drug-likeness (QED) is 0.622. The van der Waals surface area contributed by atoms with Crippen LogP contribution in [0.2, 0.25) is 0 Å². The second kappa shape index (κ2) is 8.80. The third-order valence-electron chi connectivity index (χ3n) is 5.33. The lowest BCUT2D eigenvalue weighted by Gasteiger charge is -2.16. The molecular weight excluding hydrogens is 370 g/mol. The van der Waals surface area contributed by atoms with Crippen LogP contribution in [0.5, 0.6) is 0 Å². The van der Waals surface area contributed by atoms with E-state index in [1.54, 1.807) is 17.5 Å². The highest BCUT2D eigenvalue weighted by molar-refractivity contribution is 7.18. The Labute approximate surface area is 169 Å². The van der Waals surface area contributed by atoms with E-state index in [0.717, 1.165) is 35.5 Å². The maximum absolute atomic E-state index is 12.5. The second-order valence-corrected chi connectivity index (χ2v) is 8.55. The molecule has 28 heavy (non-hydrogen) atoms. The number of aromatic nitrogens is 2. The number of benzene rings is 1. The summed E-state index contributed by atoms with van der Waals surface area (Å²) in [5, 5.41) is 11.5. The van der Waals surface area contributed by atoms with Crippen molar-refractivity contribution in [2.45, 2.75) is 38.2 Å². The van der Waals surface area contributed by atoms with E-state index < -0.39 is 6.10 Å². The van der Waals surface area contributed by atoms with Gasteiger partial charge in [-0.05, 0) is 49.9 Å². The number of carbonyl (C=O) groups excluding carboxylic acids is 1. The fourth-order valence-electron chi connectivity index (χ4n) is 3.78. The Hall–Kier alpha value is -2.31. The molecule has 3 heterocycles. The van der Waals surface area contributed by atoms with E-state index >= 15 is 0 Å². The number of para-hydroxylation sites is 1. The number of carbonyl (C=O) groups is 1. The van der Waals surface area contributed by atoms with Crippen molar-refractivity contribution in [1.29, 1.82) is 0 Å². The van der Waals surface area contributed by atoms with E-state index in [1.165, 1.54) is 4.70 Å². The molecule has 3 aromatic rings. The Morgan fingerprint density at radius 3 is 2.82 bits per heavy atom. The summed E-state index contributed by atoms with van der Waals surface area (Å²) in [5.74, 6) is 0.216. The Balaban J connectivity index is 1.21. The molecule has 0 aliphatic carbocycles. The van der Waals surface area contributed by atoms with Crippen molar-refractivity contribution >= 4 is 27.5 Å². The number of thiazole rings is 1. The summed E-state index contributed by atoms with van der Waals surface area (Å²) >= 11 is 1.74. The average Bonchev–Trinajstić information content (AvgIpc) is 3.29. The van der Waals surface area contributed by atoms with Crippen LogP contribution in [0.25, 0.3) is 10.2 Å². The van der Waals surface area contributed by atoms with Crippen LogP contribution >= 0.6 is 11.3 Å². The molecule has 1 aliphatic rings. The molecule has 1 aliphatic heterocycles. The molecule has 0 saturated carbocycles. The van der Waals surface area contributed by atoms with Gasteiger partial charge in [0.05, 0.1) is 21.3 Å². The largest absolute Gasteiger partial charge is 0.391 e. The number of amides is 1. The molecule has 5 nitrogen and oxygen atoms in total.